The number of nitrogens with zero attached hydrogens (tertiary/aromatic N) is 4. The molecule has 0 bridgehead atoms. The number of benzene rings is 11. The molecule has 2 aliphatic heterocycles. The fraction of sp³-hybridized carbons (Fsp3) is 0.154. The Morgan fingerprint density at radius 2 is 0.675 bits per heavy atom. The molecule has 0 saturated carbocycles. The molecule has 14 aromatic rings. The van der Waals surface area contributed by atoms with Crippen molar-refractivity contribution in [2.24, 2.45) is 0 Å². The van der Waals surface area contributed by atoms with Gasteiger partial charge in [-0.05, 0) is 144 Å². The van der Waals surface area contributed by atoms with E-state index >= 15 is 0 Å². The molecule has 83 heavy (non-hydrogen) atoms. The van der Waals surface area contributed by atoms with E-state index < -0.39 is 0 Å². The Morgan fingerprint density at radius 3 is 1.18 bits per heavy atom. The van der Waals surface area contributed by atoms with Crippen molar-refractivity contribution in [2.45, 2.75) is 78.6 Å². The van der Waals surface area contributed by atoms with Crippen molar-refractivity contribution in [3.63, 3.8) is 0 Å². The van der Waals surface area contributed by atoms with E-state index in [1.165, 1.54) is 132 Å². The molecule has 0 fully saturated rings. The summed E-state index contributed by atoms with van der Waals surface area (Å²) in [7, 11) is 0. The van der Waals surface area contributed by atoms with Crippen molar-refractivity contribution in [1.29, 1.82) is 0 Å². The summed E-state index contributed by atoms with van der Waals surface area (Å²) < 4.78 is 5.09. The average Bonchev–Trinajstić information content (AvgIpc) is 2.70. The molecule has 11 aromatic carbocycles. The zero-order chi connectivity index (χ0) is 56.4. The molecular weight excluding hydrogens is 1000 g/mol. The summed E-state index contributed by atoms with van der Waals surface area (Å²) >= 11 is 0. The second kappa shape index (κ2) is 17.6. The minimum Gasteiger partial charge on any atom is -0.311 e. The van der Waals surface area contributed by atoms with Gasteiger partial charge in [0.05, 0.1) is 27.6 Å². The zero-order valence-electron chi connectivity index (χ0n) is 48.8. The van der Waals surface area contributed by atoms with Crippen LogP contribution in [0.15, 0.2) is 231 Å². The molecule has 0 spiro atoms. The summed E-state index contributed by atoms with van der Waals surface area (Å²) in [4.78, 5) is 5.24. The van der Waals surface area contributed by atoms with Gasteiger partial charge < -0.3 is 18.8 Å². The van der Waals surface area contributed by atoms with Gasteiger partial charge in [-0.25, -0.2) is 0 Å². The van der Waals surface area contributed by atoms with Gasteiger partial charge in [-0.1, -0.05) is 220 Å². The van der Waals surface area contributed by atoms with Crippen LogP contribution in [0.1, 0.15) is 79.0 Å². The Bertz CT molecular complexity index is 5040. The van der Waals surface area contributed by atoms with Crippen molar-refractivity contribution in [3.05, 3.63) is 247 Å². The van der Waals surface area contributed by atoms with Crippen LogP contribution < -0.4 is 26.2 Å². The van der Waals surface area contributed by atoms with Crippen molar-refractivity contribution < 1.29 is 0 Å². The van der Waals surface area contributed by atoms with Crippen LogP contribution >= 0.6 is 0 Å². The minimum absolute atomic E-state index is 0.0112. The molecule has 0 N–H and O–H groups in total. The Balaban J connectivity index is 1.10. The first kappa shape index (κ1) is 49.5. The largest absolute Gasteiger partial charge is 0.311 e. The van der Waals surface area contributed by atoms with E-state index in [4.69, 9.17) is 0 Å². The number of hydrogen-bond acceptors (Lipinski definition) is 2. The molecule has 16 rings (SSSR count). The number of aromatic nitrogens is 2. The van der Waals surface area contributed by atoms with Crippen LogP contribution in [0.25, 0.3) is 87.1 Å². The van der Waals surface area contributed by atoms with Crippen LogP contribution in [0.4, 0.5) is 34.1 Å². The first-order valence-corrected chi connectivity index (χ1v) is 29.6. The molecule has 4 nitrogen and oxygen atoms in total. The maximum Gasteiger partial charge on any atom is 0.252 e. The van der Waals surface area contributed by atoms with Gasteiger partial charge in [-0.2, -0.15) is 0 Å². The summed E-state index contributed by atoms with van der Waals surface area (Å²) in [6, 6.07) is 88.5. The Kier molecular flexibility index (Phi) is 10.5. The molecule has 0 unspecified atom stereocenters. The standard InChI is InChI=1S/C78H65BN4/c1-76(2,3)48-33-37-51(38-34-48)80-70-45-53(82-66-30-17-14-25-58(66)59-26-15-18-31-67(59)82)41-42-64(70)79-65-46-63-57-24-13-11-22-55(57)54-21-10-12-23-56(54)61-28-20-29-62-60-27-16-19-32-68(60)83(75(61)62)69(63)47-71(65)81(52-39-35-49(36-40-52)77(4,5)6)73-44-50(78(7,8)9)43-72(80)74(73)79/h10-47H,1-9H3. The molecule has 0 radical (unpaired) electrons. The van der Waals surface area contributed by atoms with Gasteiger partial charge in [0.2, 0.25) is 0 Å². The smallest absolute Gasteiger partial charge is 0.252 e. The third-order valence-corrected chi connectivity index (χ3v) is 18.5. The van der Waals surface area contributed by atoms with Crippen LogP contribution in [0.2, 0.25) is 0 Å². The van der Waals surface area contributed by atoms with E-state index in [0.717, 1.165) is 22.6 Å². The average molecular weight is 1070 g/mol. The maximum atomic E-state index is 2.63. The first-order chi connectivity index (χ1) is 40.1. The van der Waals surface area contributed by atoms with Crippen LogP contribution in [0.5, 0.6) is 0 Å². The lowest BCUT2D eigenvalue weighted by atomic mass is 9.33. The lowest BCUT2D eigenvalue weighted by Crippen LogP contribution is -2.61. The Hall–Kier alpha value is -9.32. The van der Waals surface area contributed by atoms with Gasteiger partial charge in [0, 0.05) is 72.1 Å². The van der Waals surface area contributed by atoms with E-state index in [1.54, 1.807) is 0 Å². The van der Waals surface area contributed by atoms with Crippen LogP contribution in [0.3, 0.4) is 0 Å². The molecule has 0 amide bonds. The highest BCUT2D eigenvalue weighted by atomic mass is 15.2. The predicted octanol–water partition coefficient (Wildman–Crippen LogP) is 19.3. The molecule has 400 valence electrons. The van der Waals surface area contributed by atoms with Gasteiger partial charge in [-0.15, -0.1) is 0 Å². The van der Waals surface area contributed by atoms with Crippen LogP contribution in [0, 0.1) is 0 Å². The lowest BCUT2D eigenvalue weighted by Gasteiger charge is -2.45. The second-order valence-corrected chi connectivity index (χ2v) is 26.6. The molecule has 5 heteroatoms. The molecular formula is C78H65BN4. The summed E-state index contributed by atoms with van der Waals surface area (Å²) in [6.45, 7) is 20.9. The SMILES string of the molecule is CC(C)(C)c1ccc(N2c3cc(-n4c5ccccc5c5ccccc54)ccc3B3c4cc5c6ccccc6c6ccccc6c6cccc7c8ccccc8n(c5cc4N(c4ccc(C(C)(C)C)cc4)c4cc(C(C)(C)C)cc2c43)c67)cc1. The minimum atomic E-state index is -0.196. The first-order valence-electron chi connectivity index (χ1n) is 29.6. The predicted molar refractivity (Wildman–Crippen MR) is 358 cm³/mol. The Labute approximate surface area is 486 Å². The van der Waals surface area contributed by atoms with Crippen LogP contribution in [-0.4, -0.2) is 15.7 Å². The second-order valence-electron chi connectivity index (χ2n) is 26.6. The van der Waals surface area contributed by atoms with E-state index in [1.807, 2.05) is 0 Å². The van der Waals surface area contributed by atoms with Gasteiger partial charge in [0.1, 0.15) is 0 Å². The van der Waals surface area contributed by atoms with Crippen molar-refractivity contribution in [1.82, 2.24) is 8.97 Å². The maximum absolute atomic E-state index is 2.63. The third-order valence-electron chi connectivity index (χ3n) is 18.5. The number of hydrogen-bond donors (Lipinski definition) is 0. The van der Waals surface area contributed by atoms with E-state index in [-0.39, 0.29) is 23.0 Å². The summed E-state index contributed by atoms with van der Waals surface area (Å²) in [5, 5.41) is 12.3. The molecule has 0 saturated heterocycles. The normalized spacial score (nSPS) is 13.5. The van der Waals surface area contributed by atoms with Gasteiger partial charge in [0.15, 0.2) is 0 Å². The number of anilines is 6. The van der Waals surface area contributed by atoms with E-state index in [2.05, 4.69) is 312 Å². The monoisotopic (exact) mass is 1070 g/mol. The van der Waals surface area contributed by atoms with Gasteiger partial charge in [0.25, 0.3) is 6.71 Å². The zero-order valence-corrected chi connectivity index (χ0v) is 48.8. The molecule has 0 aliphatic carbocycles. The molecule has 2 aliphatic rings. The number of para-hydroxylation sites is 4. The van der Waals surface area contributed by atoms with E-state index in [0.29, 0.717) is 0 Å². The summed E-state index contributed by atoms with van der Waals surface area (Å²) in [6.07, 6.45) is 0. The fourth-order valence-corrected chi connectivity index (χ4v) is 14.4. The highest BCUT2D eigenvalue weighted by molar-refractivity contribution is 7.00. The van der Waals surface area contributed by atoms with Crippen molar-refractivity contribution in [2.75, 3.05) is 9.80 Å². The highest BCUT2D eigenvalue weighted by Gasteiger charge is 2.45. The summed E-state index contributed by atoms with van der Waals surface area (Å²) in [5.74, 6) is 0. The number of rotatable bonds is 3. The molecule has 5 heterocycles. The number of fused-ring (bicyclic) bond motifs is 17. The topological polar surface area (TPSA) is 15.8 Å². The van der Waals surface area contributed by atoms with Crippen LogP contribution in [-0.2, 0) is 16.2 Å². The lowest BCUT2D eigenvalue weighted by molar-refractivity contribution is 0.590. The molecule has 0 atom stereocenters. The van der Waals surface area contributed by atoms with Crippen molar-refractivity contribution in [3.8, 4) is 5.69 Å². The Morgan fingerprint density at radius 1 is 0.277 bits per heavy atom. The fourth-order valence-electron chi connectivity index (χ4n) is 14.4. The molecule has 3 aromatic heterocycles. The highest BCUT2D eigenvalue weighted by Crippen LogP contribution is 2.49. The van der Waals surface area contributed by atoms with Gasteiger partial charge in [-0.3, -0.25) is 0 Å². The van der Waals surface area contributed by atoms with Gasteiger partial charge >= 0.3 is 0 Å². The third kappa shape index (κ3) is 7.32. The van der Waals surface area contributed by atoms with E-state index in [9.17, 15) is 0 Å². The van der Waals surface area contributed by atoms with Crippen molar-refractivity contribution >= 4 is 139 Å². The quantitative estimate of drug-likeness (QED) is 0.164. The summed E-state index contributed by atoms with van der Waals surface area (Å²) in [5.41, 5.74) is 21.7.